The van der Waals surface area contributed by atoms with E-state index < -0.39 is 4.92 Å². The van der Waals surface area contributed by atoms with Crippen LogP contribution in [0.4, 0.5) is 11.4 Å². The molecule has 1 aliphatic rings. The van der Waals surface area contributed by atoms with Crippen molar-refractivity contribution in [3.63, 3.8) is 0 Å². The molecule has 1 fully saturated rings. The largest absolute Gasteiger partial charge is 0.391 e. The molecule has 0 spiro atoms. The van der Waals surface area contributed by atoms with Crippen molar-refractivity contribution in [1.82, 2.24) is 0 Å². The van der Waals surface area contributed by atoms with E-state index in [2.05, 4.69) is 5.32 Å². The molecule has 2 rings (SSSR count). The van der Waals surface area contributed by atoms with Crippen molar-refractivity contribution in [2.75, 3.05) is 5.32 Å². The number of nitrogens with one attached hydrogen (secondary N) is 1. The van der Waals surface area contributed by atoms with E-state index in [0.717, 1.165) is 25.7 Å². The Morgan fingerprint density at radius 1 is 1.39 bits per heavy atom. The number of nitro groups is 1. The number of hydrogen-bond donors (Lipinski definition) is 2. The molecule has 18 heavy (non-hydrogen) atoms. The number of aliphatic hydroxyl groups excluding tert-OH is 1. The Kier molecular flexibility index (Phi) is 4.04. The first-order valence-electron chi connectivity index (χ1n) is 5.96. The summed E-state index contributed by atoms with van der Waals surface area (Å²) in [5, 5.41) is 23.9. The van der Waals surface area contributed by atoms with Crippen molar-refractivity contribution in [2.24, 2.45) is 0 Å². The van der Waals surface area contributed by atoms with E-state index in [4.69, 9.17) is 11.6 Å². The van der Waals surface area contributed by atoms with Gasteiger partial charge in [0.1, 0.15) is 0 Å². The normalized spacial score (nSPS) is 23.7. The van der Waals surface area contributed by atoms with Crippen LogP contribution >= 0.6 is 11.6 Å². The molecule has 0 aromatic heterocycles. The first kappa shape index (κ1) is 13.1. The van der Waals surface area contributed by atoms with E-state index in [0.29, 0.717) is 10.7 Å². The molecule has 0 bridgehead atoms. The van der Waals surface area contributed by atoms with Gasteiger partial charge in [-0.15, -0.1) is 0 Å². The molecule has 0 saturated heterocycles. The van der Waals surface area contributed by atoms with Crippen LogP contribution in [-0.4, -0.2) is 22.2 Å². The van der Waals surface area contributed by atoms with Gasteiger partial charge in [0, 0.05) is 12.1 Å². The highest BCUT2D eigenvalue weighted by Gasteiger charge is 2.23. The zero-order valence-electron chi connectivity index (χ0n) is 9.80. The average molecular weight is 271 g/mol. The standard InChI is InChI=1S/C12H15ClN2O3/c13-9-7-8(15(17)18)5-6-10(9)14-11-3-1-2-4-12(11)16/h5-7,11-12,14,16H,1-4H2. The van der Waals surface area contributed by atoms with Gasteiger partial charge in [-0.3, -0.25) is 10.1 Å². The van der Waals surface area contributed by atoms with Crippen LogP contribution in [0, 0.1) is 10.1 Å². The Hall–Kier alpha value is -1.33. The number of non-ortho nitro benzene ring substituents is 1. The lowest BCUT2D eigenvalue weighted by Gasteiger charge is -2.29. The molecule has 0 radical (unpaired) electrons. The monoisotopic (exact) mass is 270 g/mol. The van der Waals surface area contributed by atoms with Crippen molar-refractivity contribution in [1.29, 1.82) is 0 Å². The second-order valence-corrected chi connectivity index (χ2v) is 4.93. The van der Waals surface area contributed by atoms with Crippen molar-refractivity contribution in [3.05, 3.63) is 33.3 Å². The Morgan fingerprint density at radius 2 is 2.11 bits per heavy atom. The van der Waals surface area contributed by atoms with Gasteiger partial charge in [-0.1, -0.05) is 24.4 Å². The second-order valence-electron chi connectivity index (χ2n) is 4.52. The molecule has 5 nitrogen and oxygen atoms in total. The van der Waals surface area contributed by atoms with Gasteiger partial charge in [0.2, 0.25) is 0 Å². The molecule has 2 atom stereocenters. The number of aliphatic hydroxyl groups is 1. The lowest BCUT2D eigenvalue weighted by atomic mass is 9.92. The maximum absolute atomic E-state index is 10.6. The lowest BCUT2D eigenvalue weighted by molar-refractivity contribution is -0.384. The SMILES string of the molecule is O=[N+]([O-])c1ccc(NC2CCCCC2O)c(Cl)c1. The van der Waals surface area contributed by atoms with E-state index in [1.54, 1.807) is 6.07 Å². The molecule has 0 aliphatic heterocycles. The lowest BCUT2D eigenvalue weighted by Crippen LogP contribution is -2.36. The number of anilines is 1. The molecule has 0 heterocycles. The second kappa shape index (κ2) is 5.54. The minimum Gasteiger partial charge on any atom is -0.391 e. The van der Waals surface area contributed by atoms with Crippen molar-refractivity contribution in [3.8, 4) is 0 Å². The minimum atomic E-state index is -0.481. The molecule has 1 aromatic rings. The number of hydrogen-bond acceptors (Lipinski definition) is 4. The highest BCUT2D eigenvalue weighted by atomic mass is 35.5. The first-order chi connectivity index (χ1) is 8.58. The van der Waals surface area contributed by atoms with Crippen LogP contribution in [0.3, 0.4) is 0 Å². The molecular formula is C12H15ClN2O3. The molecule has 1 aliphatic carbocycles. The summed E-state index contributed by atoms with van der Waals surface area (Å²) in [5.41, 5.74) is 0.600. The molecule has 2 N–H and O–H groups in total. The van der Waals surface area contributed by atoms with Gasteiger partial charge in [-0.05, 0) is 18.9 Å². The van der Waals surface area contributed by atoms with Gasteiger partial charge in [0.15, 0.2) is 0 Å². The summed E-state index contributed by atoms with van der Waals surface area (Å²) in [4.78, 5) is 10.1. The zero-order chi connectivity index (χ0) is 13.1. The van der Waals surface area contributed by atoms with Crippen molar-refractivity contribution < 1.29 is 10.0 Å². The molecule has 2 unspecified atom stereocenters. The van der Waals surface area contributed by atoms with Gasteiger partial charge >= 0.3 is 0 Å². The van der Waals surface area contributed by atoms with Gasteiger partial charge in [-0.2, -0.15) is 0 Å². The fourth-order valence-corrected chi connectivity index (χ4v) is 2.44. The fourth-order valence-electron chi connectivity index (χ4n) is 2.21. The third-order valence-electron chi connectivity index (χ3n) is 3.23. The van der Waals surface area contributed by atoms with Crippen LogP contribution in [0.15, 0.2) is 18.2 Å². The Balaban J connectivity index is 2.11. The van der Waals surface area contributed by atoms with Gasteiger partial charge in [-0.25, -0.2) is 0 Å². The number of benzene rings is 1. The first-order valence-corrected chi connectivity index (χ1v) is 6.34. The summed E-state index contributed by atoms with van der Waals surface area (Å²) in [6.07, 6.45) is 3.38. The maximum atomic E-state index is 10.6. The Bertz CT molecular complexity index is 453. The highest BCUT2D eigenvalue weighted by Crippen LogP contribution is 2.29. The van der Waals surface area contributed by atoms with E-state index in [9.17, 15) is 15.2 Å². The number of nitrogens with zero attached hydrogens (tertiary/aromatic N) is 1. The quantitative estimate of drug-likeness (QED) is 0.654. The minimum absolute atomic E-state index is 0.0299. The average Bonchev–Trinajstić information content (AvgIpc) is 2.34. The molecule has 6 heteroatoms. The Morgan fingerprint density at radius 3 is 2.72 bits per heavy atom. The summed E-state index contributed by atoms with van der Waals surface area (Å²) in [6, 6.07) is 4.28. The predicted octanol–water partition coefficient (Wildman–Crippen LogP) is 2.96. The van der Waals surface area contributed by atoms with E-state index >= 15 is 0 Å². The van der Waals surface area contributed by atoms with Crippen LogP contribution < -0.4 is 5.32 Å². The maximum Gasteiger partial charge on any atom is 0.271 e. The van der Waals surface area contributed by atoms with Crippen LogP contribution in [0.1, 0.15) is 25.7 Å². The highest BCUT2D eigenvalue weighted by molar-refractivity contribution is 6.33. The summed E-state index contributed by atoms with van der Waals surface area (Å²) in [7, 11) is 0. The molecule has 98 valence electrons. The fraction of sp³-hybridized carbons (Fsp3) is 0.500. The van der Waals surface area contributed by atoms with Crippen LogP contribution in [0.5, 0.6) is 0 Å². The van der Waals surface area contributed by atoms with Gasteiger partial charge in [0.05, 0.1) is 27.8 Å². The molecule has 1 saturated carbocycles. The van der Waals surface area contributed by atoms with E-state index in [1.165, 1.54) is 12.1 Å². The zero-order valence-corrected chi connectivity index (χ0v) is 10.6. The number of rotatable bonds is 3. The third-order valence-corrected chi connectivity index (χ3v) is 3.55. The third kappa shape index (κ3) is 2.91. The van der Waals surface area contributed by atoms with Gasteiger partial charge in [0.25, 0.3) is 5.69 Å². The molecule has 1 aromatic carbocycles. The summed E-state index contributed by atoms with van der Waals surface area (Å²) < 4.78 is 0. The summed E-state index contributed by atoms with van der Waals surface area (Å²) in [5.74, 6) is 0. The smallest absolute Gasteiger partial charge is 0.271 e. The van der Waals surface area contributed by atoms with Crippen molar-refractivity contribution >= 4 is 23.0 Å². The van der Waals surface area contributed by atoms with Crippen LogP contribution in [-0.2, 0) is 0 Å². The summed E-state index contributed by atoms with van der Waals surface area (Å²) in [6.45, 7) is 0. The van der Waals surface area contributed by atoms with E-state index in [1.807, 2.05) is 0 Å². The van der Waals surface area contributed by atoms with Crippen molar-refractivity contribution in [2.45, 2.75) is 37.8 Å². The molecular weight excluding hydrogens is 256 g/mol. The number of nitro benzene ring substituents is 1. The topological polar surface area (TPSA) is 75.4 Å². The van der Waals surface area contributed by atoms with E-state index in [-0.39, 0.29) is 17.8 Å². The summed E-state index contributed by atoms with van der Waals surface area (Å²) >= 11 is 5.99. The van der Waals surface area contributed by atoms with Gasteiger partial charge < -0.3 is 10.4 Å². The van der Waals surface area contributed by atoms with Crippen LogP contribution in [0.2, 0.25) is 5.02 Å². The Labute approximate surface area is 110 Å². The predicted molar refractivity (Wildman–Crippen MR) is 70.0 cm³/mol. The molecule has 0 amide bonds. The van der Waals surface area contributed by atoms with Crippen LogP contribution in [0.25, 0.3) is 0 Å². The number of halogens is 1.